The van der Waals surface area contributed by atoms with E-state index in [4.69, 9.17) is 11.6 Å². The lowest BCUT2D eigenvalue weighted by Gasteiger charge is -2.34. The van der Waals surface area contributed by atoms with Crippen LogP contribution >= 0.6 is 35.8 Å². The van der Waals surface area contributed by atoms with E-state index in [1.165, 1.54) is 21.2 Å². The van der Waals surface area contributed by atoms with E-state index in [0.29, 0.717) is 0 Å². The highest BCUT2D eigenvalue weighted by molar-refractivity contribution is 7.99. The van der Waals surface area contributed by atoms with Crippen LogP contribution in [-0.4, -0.2) is 31.1 Å². The van der Waals surface area contributed by atoms with Crippen molar-refractivity contribution in [3.8, 4) is 0 Å². The predicted molar refractivity (Wildman–Crippen MR) is 104 cm³/mol. The number of hydrogen-bond donors (Lipinski definition) is 0. The molecule has 0 fully saturated rings. The molecule has 1 aliphatic rings. The number of fused-ring (bicyclic) bond motifs is 2. The zero-order chi connectivity index (χ0) is 15.5. The van der Waals surface area contributed by atoms with Gasteiger partial charge >= 0.3 is 0 Å². The molecule has 1 aliphatic heterocycles. The summed E-state index contributed by atoms with van der Waals surface area (Å²) in [5.41, 5.74) is 2.51. The van der Waals surface area contributed by atoms with Gasteiger partial charge in [0, 0.05) is 27.9 Å². The van der Waals surface area contributed by atoms with Gasteiger partial charge in [-0.25, -0.2) is 0 Å². The highest BCUT2D eigenvalue weighted by atomic mass is 35.5. The van der Waals surface area contributed by atoms with Gasteiger partial charge in [-0.15, -0.1) is 12.4 Å². The summed E-state index contributed by atoms with van der Waals surface area (Å²) in [6, 6.07) is 14.8. The van der Waals surface area contributed by atoms with Crippen LogP contribution in [0.4, 0.5) is 11.4 Å². The van der Waals surface area contributed by atoms with Crippen LogP contribution in [0.25, 0.3) is 0 Å². The van der Waals surface area contributed by atoms with E-state index in [0.717, 1.165) is 31.2 Å². The largest absolute Gasteiger partial charge is 0.338 e. The molecule has 0 radical (unpaired) electrons. The van der Waals surface area contributed by atoms with Crippen molar-refractivity contribution in [2.45, 2.75) is 23.6 Å². The van der Waals surface area contributed by atoms with Crippen LogP contribution in [-0.2, 0) is 0 Å². The maximum atomic E-state index is 6.24. The van der Waals surface area contributed by atoms with E-state index < -0.39 is 0 Å². The van der Waals surface area contributed by atoms with Crippen LogP contribution in [0.3, 0.4) is 0 Å². The second kappa shape index (κ2) is 8.29. The summed E-state index contributed by atoms with van der Waals surface area (Å²) in [6.07, 6.45) is 0. The molecule has 23 heavy (non-hydrogen) atoms. The highest BCUT2D eigenvalue weighted by Crippen LogP contribution is 2.48. The summed E-state index contributed by atoms with van der Waals surface area (Å²) < 4.78 is 0. The Hall–Kier alpha value is -0.870. The molecule has 2 aromatic rings. The average Bonchev–Trinajstić information content (AvgIpc) is 2.55. The fourth-order valence-corrected chi connectivity index (χ4v) is 4.07. The Labute approximate surface area is 154 Å². The van der Waals surface area contributed by atoms with Crippen molar-refractivity contribution in [1.82, 2.24) is 4.90 Å². The predicted octanol–water partition coefficient (Wildman–Crippen LogP) is 5.71. The third kappa shape index (κ3) is 3.97. The molecule has 0 spiro atoms. The quantitative estimate of drug-likeness (QED) is 0.667. The third-order valence-corrected chi connectivity index (χ3v) is 5.49. The van der Waals surface area contributed by atoms with E-state index in [1.54, 1.807) is 0 Å². The second-order valence-electron chi connectivity index (χ2n) is 5.36. The standard InChI is InChI=1S/C18H21ClN2S.ClH/c1-3-20(4-2)11-12-21-15-7-5-6-8-17(15)22-18-10-9-14(19)13-16(18)21;/h5-10,13H,3-4,11-12H2,1-2H3;1H. The Kier molecular flexibility index (Phi) is 6.66. The van der Waals surface area contributed by atoms with Crippen molar-refractivity contribution in [3.63, 3.8) is 0 Å². The summed E-state index contributed by atoms with van der Waals surface area (Å²) in [7, 11) is 0. The molecule has 0 atom stereocenters. The lowest BCUT2D eigenvalue weighted by atomic mass is 10.2. The van der Waals surface area contributed by atoms with Crippen LogP contribution in [0.15, 0.2) is 52.3 Å². The Balaban J connectivity index is 0.00000192. The zero-order valence-electron chi connectivity index (χ0n) is 13.5. The van der Waals surface area contributed by atoms with Crippen molar-refractivity contribution in [1.29, 1.82) is 0 Å². The number of rotatable bonds is 5. The molecule has 3 rings (SSSR count). The minimum atomic E-state index is 0. The molecule has 0 N–H and O–H groups in total. The molecule has 0 aliphatic carbocycles. The molecular formula is C18H22Cl2N2S. The van der Waals surface area contributed by atoms with Crippen molar-refractivity contribution < 1.29 is 0 Å². The van der Waals surface area contributed by atoms with Gasteiger partial charge in [0.25, 0.3) is 0 Å². The molecule has 5 heteroatoms. The lowest BCUT2D eigenvalue weighted by molar-refractivity contribution is 0.312. The van der Waals surface area contributed by atoms with Gasteiger partial charge in [0.2, 0.25) is 0 Å². The Bertz CT molecular complexity index is 659. The van der Waals surface area contributed by atoms with Gasteiger partial charge in [0.05, 0.1) is 11.4 Å². The first-order valence-electron chi connectivity index (χ1n) is 7.79. The fourth-order valence-electron chi connectivity index (χ4n) is 2.82. The maximum Gasteiger partial charge on any atom is 0.0568 e. The normalized spacial score (nSPS) is 12.6. The van der Waals surface area contributed by atoms with Gasteiger partial charge in [0.1, 0.15) is 0 Å². The monoisotopic (exact) mass is 368 g/mol. The Morgan fingerprint density at radius 3 is 2.43 bits per heavy atom. The number of anilines is 2. The van der Waals surface area contributed by atoms with Crippen LogP contribution in [0.5, 0.6) is 0 Å². The molecule has 0 aromatic heterocycles. The van der Waals surface area contributed by atoms with Crippen molar-refractivity contribution >= 4 is 47.1 Å². The Morgan fingerprint density at radius 2 is 1.70 bits per heavy atom. The number of nitrogens with zero attached hydrogens (tertiary/aromatic N) is 2. The summed E-state index contributed by atoms with van der Waals surface area (Å²) in [5.74, 6) is 0. The average molecular weight is 369 g/mol. The lowest BCUT2D eigenvalue weighted by Crippen LogP contribution is -2.33. The minimum Gasteiger partial charge on any atom is -0.338 e. The van der Waals surface area contributed by atoms with E-state index in [9.17, 15) is 0 Å². The first kappa shape index (κ1) is 18.5. The number of hydrogen-bond acceptors (Lipinski definition) is 3. The SMILES string of the molecule is CCN(CC)CCN1c2ccccc2Sc2ccc(Cl)cc21.Cl. The van der Waals surface area contributed by atoms with E-state index >= 15 is 0 Å². The molecule has 2 nitrogen and oxygen atoms in total. The van der Waals surface area contributed by atoms with Crippen LogP contribution < -0.4 is 4.90 Å². The topological polar surface area (TPSA) is 6.48 Å². The van der Waals surface area contributed by atoms with Gasteiger partial charge in [-0.3, -0.25) is 0 Å². The molecule has 0 unspecified atom stereocenters. The number of para-hydroxylation sites is 1. The van der Waals surface area contributed by atoms with Gasteiger partial charge in [-0.05, 0) is 43.4 Å². The molecule has 0 amide bonds. The van der Waals surface area contributed by atoms with Gasteiger partial charge < -0.3 is 9.80 Å². The molecule has 2 aromatic carbocycles. The number of likely N-dealkylation sites (N-methyl/N-ethyl adjacent to an activating group) is 1. The van der Waals surface area contributed by atoms with Gasteiger partial charge in [0.15, 0.2) is 0 Å². The summed E-state index contributed by atoms with van der Waals surface area (Å²) in [6.45, 7) is 8.64. The first-order valence-corrected chi connectivity index (χ1v) is 8.98. The molecule has 0 saturated carbocycles. The molecule has 1 heterocycles. The molecule has 0 bridgehead atoms. The van der Waals surface area contributed by atoms with Crippen LogP contribution in [0.2, 0.25) is 5.02 Å². The zero-order valence-corrected chi connectivity index (χ0v) is 15.8. The van der Waals surface area contributed by atoms with Gasteiger partial charge in [-0.2, -0.15) is 0 Å². The second-order valence-corrected chi connectivity index (χ2v) is 6.88. The maximum absolute atomic E-state index is 6.24. The van der Waals surface area contributed by atoms with E-state index in [1.807, 2.05) is 17.8 Å². The highest BCUT2D eigenvalue weighted by Gasteiger charge is 2.23. The van der Waals surface area contributed by atoms with Gasteiger partial charge in [-0.1, -0.05) is 49.3 Å². The smallest absolute Gasteiger partial charge is 0.0568 e. The van der Waals surface area contributed by atoms with E-state index in [-0.39, 0.29) is 12.4 Å². The first-order chi connectivity index (χ1) is 10.7. The van der Waals surface area contributed by atoms with Crippen molar-refractivity contribution in [2.24, 2.45) is 0 Å². The number of benzene rings is 2. The summed E-state index contributed by atoms with van der Waals surface area (Å²) >= 11 is 8.07. The molecule has 124 valence electrons. The minimum absolute atomic E-state index is 0. The fraction of sp³-hybridized carbons (Fsp3) is 0.333. The summed E-state index contributed by atoms with van der Waals surface area (Å²) in [5, 5.41) is 0.798. The Morgan fingerprint density at radius 1 is 1.00 bits per heavy atom. The van der Waals surface area contributed by atoms with Crippen LogP contribution in [0, 0.1) is 0 Å². The number of halogens is 2. The van der Waals surface area contributed by atoms with E-state index in [2.05, 4.69) is 60.0 Å². The molecular weight excluding hydrogens is 347 g/mol. The third-order valence-electron chi connectivity index (χ3n) is 4.12. The summed E-state index contributed by atoms with van der Waals surface area (Å²) in [4.78, 5) is 7.46. The molecule has 0 saturated heterocycles. The van der Waals surface area contributed by atoms with Crippen LogP contribution in [0.1, 0.15) is 13.8 Å². The van der Waals surface area contributed by atoms with Crippen molar-refractivity contribution in [2.75, 3.05) is 31.1 Å². The van der Waals surface area contributed by atoms with Crippen molar-refractivity contribution in [3.05, 3.63) is 47.5 Å².